The number of carbonyl (C=O) groups is 2. The third-order valence-corrected chi connectivity index (χ3v) is 4.79. The van der Waals surface area contributed by atoms with Crippen molar-refractivity contribution in [3.63, 3.8) is 0 Å². The number of aromatic nitrogens is 3. The molecule has 0 bridgehead atoms. The number of amides is 1. The molecular weight excluding hydrogens is 378 g/mol. The summed E-state index contributed by atoms with van der Waals surface area (Å²) in [6.45, 7) is 2.16. The number of carbonyl (C=O) groups excluding carboxylic acids is 2. The molecule has 0 saturated carbocycles. The number of nitrogens with zero attached hydrogens (tertiary/aromatic N) is 2. The Labute approximate surface area is 173 Å². The second-order valence-corrected chi connectivity index (χ2v) is 6.92. The molecule has 2 heterocycles. The van der Waals surface area contributed by atoms with Crippen LogP contribution in [0, 0.1) is 0 Å². The maximum atomic E-state index is 12.4. The van der Waals surface area contributed by atoms with Crippen LogP contribution in [0.5, 0.6) is 0 Å². The summed E-state index contributed by atoms with van der Waals surface area (Å²) in [5.41, 5.74) is 3.77. The predicted octanol–water partition coefficient (Wildman–Crippen LogP) is 4.07. The van der Waals surface area contributed by atoms with E-state index in [-0.39, 0.29) is 11.7 Å². The smallest absolute Gasteiger partial charge is 0.258 e. The molecule has 4 aromatic rings. The topological polar surface area (TPSA) is 99.8 Å². The van der Waals surface area contributed by atoms with Gasteiger partial charge in [0.1, 0.15) is 0 Å². The number of Topliss-reactive ketones (excluding diaryl/α,β-unsaturated/α-hetero) is 1. The molecule has 150 valence electrons. The molecule has 30 heavy (non-hydrogen) atoms. The van der Waals surface area contributed by atoms with Crippen LogP contribution in [0.4, 0.5) is 11.6 Å². The lowest BCUT2D eigenvalue weighted by Crippen LogP contribution is -2.14. The first-order chi connectivity index (χ1) is 14.6. The van der Waals surface area contributed by atoms with Crippen LogP contribution in [-0.2, 0) is 6.42 Å². The van der Waals surface area contributed by atoms with Gasteiger partial charge < -0.3 is 15.6 Å². The minimum absolute atomic E-state index is 0.0579. The summed E-state index contributed by atoms with van der Waals surface area (Å²) >= 11 is 0. The molecule has 3 N–H and O–H groups in total. The molecule has 2 aromatic carbocycles. The van der Waals surface area contributed by atoms with Crippen LogP contribution in [0.15, 0.2) is 67.1 Å². The summed E-state index contributed by atoms with van der Waals surface area (Å²) in [6, 6.07) is 15.0. The van der Waals surface area contributed by atoms with Crippen LogP contribution < -0.4 is 10.6 Å². The number of nitrogens with one attached hydrogen (secondary N) is 3. The van der Waals surface area contributed by atoms with Gasteiger partial charge >= 0.3 is 0 Å². The van der Waals surface area contributed by atoms with Crippen LogP contribution in [0.25, 0.3) is 10.9 Å². The van der Waals surface area contributed by atoms with Crippen molar-refractivity contribution in [1.29, 1.82) is 0 Å². The van der Waals surface area contributed by atoms with Crippen molar-refractivity contribution in [2.45, 2.75) is 13.3 Å². The van der Waals surface area contributed by atoms with Crippen molar-refractivity contribution in [3.8, 4) is 0 Å². The summed E-state index contributed by atoms with van der Waals surface area (Å²) in [5.74, 6) is 0.0727. The number of fused-ring (bicyclic) bond motifs is 1. The molecule has 0 aliphatic heterocycles. The third kappa shape index (κ3) is 4.35. The maximum Gasteiger partial charge on any atom is 0.258 e. The van der Waals surface area contributed by atoms with Gasteiger partial charge in [-0.3, -0.25) is 9.59 Å². The van der Waals surface area contributed by atoms with E-state index >= 15 is 0 Å². The zero-order valence-corrected chi connectivity index (χ0v) is 16.5. The zero-order valence-electron chi connectivity index (χ0n) is 16.5. The molecule has 0 atom stereocenters. The highest BCUT2D eigenvalue weighted by atomic mass is 16.1. The Kier molecular flexibility index (Phi) is 5.52. The molecule has 0 radical (unpaired) electrons. The summed E-state index contributed by atoms with van der Waals surface area (Å²) < 4.78 is 0. The molecule has 4 rings (SSSR count). The molecule has 7 nitrogen and oxygen atoms in total. The van der Waals surface area contributed by atoms with Crippen molar-refractivity contribution in [1.82, 2.24) is 15.0 Å². The number of benzene rings is 2. The van der Waals surface area contributed by atoms with Crippen molar-refractivity contribution in [2.75, 3.05) is 17.2 Å². The molecule has 0 fully saturated rings. The third-order valence-electron chi connectivity index (χ3n) is 4.79. The molecule has 0 unspecified atom stereocenters. The predicted molar refractivity (Wildman–Crippen MR) is 117 cm³/mol. The summed E-state index contributed by atoms with van der Waals surface area (Å²) in [5, 5.41) is 7.14. The zero-order chi connectivity index (χ0) is 20.9. The maximum absolute atomic E-state index is 12.4. The largest absolute Gasteiger partial charge is 0.361 e. The number of aromatic amines is 1. The number of hydrogen-bond acceptors (Lipinski definition) is 5. The summed E-state index contributed by atoms with van der Waals surface area (Å²) in [7, 11) is 0. The minimum atomic E-state index is -0.332. The molecule has 1 amide bonds. The van der Waals surface area contributed by atoms with Crippen LogP contribution >= 0.6 is 0 Å². The quantitative estimate of drug-likeness (QED) is 0.407. The van der Waals surface area contributed by atoms with Crippen molar-refractivity contribution >= 4 is 34.2 Å². The lowest BCUT2D eigenvalue weighted by atomic mass is 10.1. The van der Waals surface area contributed by atoms with E-state index in [9.17, 15) is 9.59 Å². The second kappa shape index (κ2) is 8.57. The fourth-order valence-corrected chi connectivity index (χ4v) is 3.20. The SMILES string of the molecule is CC(=O)c1cccc(NC(=O)c2cnc(NCCc3c[nH]c4ccccc34)nc2)c1. The molecular formula is C23H21N5O2. The molecule has 0 aliphatic carbocycles. The van der Waals surface area contributed by atoms with Crippen molar-refractivity contribution in [3.05, 3.63) is 83.8 Å². The van der Waals surface area contributed by atoms with E-state index in [1.54, 1.807) is 24.3 Å². The molecule has 2 aromatic heterocycles. The average molecular weight is 399 g/mol. The van der Waals surface area contributed by atoms with E-state index in [0.717, 1.165) is 11.9 Å². The Morgan fingerprint density at radius 2 is 1.80 bits per heavy atom. The van der Waals surface area contributed by atoms with Gasteiger partial charge in [-0.2, -0.15) is 0 Å². The van der Waals surface area contributed by atoms with Gasteiger partial charge in [0.05, 0.1) is 5.56 Å². The summed E-state index contributed by atoms with van der Waals surface area (Å²) in [4.78, 5) is 35.6. The number of rotatable bonds is 7. The van der Waals surface area contributed by atoms with Gasteiger partial charge in [-0.1, -0.05) is 30.3 Å². The molecule has 0 spiro atoms. The highest BCUT2D eigenvalue weighted by Gasteiger charge is 2.09. The second-order valence-electron chi connectivity index (χ2n) is 6.92. The number of ketones is 1. The fourth-order valence-electron chi connectivity index (χ4n) is 3.20. The van der Waals surface area contributed by atoms with Gasteiger partial charge in [-0.25, -0.2) is 9.97 Å². The van der Waals surface area contributed by atoms with Crippen LogP contribution in [-0.4, -0.2) is 33.2 Å². The number of para-hydroxylation sites is 1. The highest BCUT2D eigenvalue weighted by Crippen LogP contribution is 2.18. The minimum Gasteiger partial charge on any atom is -0.361 e. The van der Waals surface area contributed by atoms with Crippen LogP contribution in [0.2, 0.25) is 0 Å². The Morgan fingerprint density at radius 3 is 2.60 bits per heavy atom. The van der Waals surface area contributed by atoms with Crippen LogP contribution in [0.3, 0.4) is 0 Å². The van der Waals surface area contributed by atoms with E-state index in [0.29, 0.717) is 29.3 Å². The standard InChI is InChI=1S/C23H21N5O2/c1-15(29)16-5-4-6-19(11-16)28-22(30)18-13-26-23(27-14-18)24-10-9-17-12-25-21-8-3-2-7-20(17)21/h2-8,11-14,25H,9-10H2,1H3,(H,28,30)(H,24,26,27). The normalized spacial score (nSPS) is 10.7. The first-order valence-corrected chi connectivity index (χ1v) is 9.63. The average Bonchev–Trinajstić information content (AvgIpc) is 3.17. The Bertz CT molecular complexity index is 1200. The first-order valence-electron chi connectivity index (χ1n) is 9.63. The molecule has 0 aliphatic rings. The Balaban J connectivity index is 1.34. The number of anilines is 2. The van der Waals surface area contributed by atoms with Gasteiger partial charge in [0.15, 0.2) is 5.78 Å². The van der Waals surface area contributed by atoms with E-state index < -0.39 is 0 Å². The van der Waals surface area contributed by atoms with Crippen molar-refractivity contribution < 1.29 is 9.59 Å². The highest BCUT2D eigenvalue weighted by molar-refractivity contribution is 6.04. The Hall–Kier alpha value is -4.00. The van der Waals surface area contributed by atoms with E-state index in [1.165, 1.54) is 30.3 Å². The fraction of sp³-hybridized carbons (Fsp3) is 0.130. The monoisotopic (exact) mass is 399 g/mol. The van der Waals surface area contributed by atoms with Crippen molar-refractivity contribution in [2.24, 2.45) is 0 Å². The Morgan fingerprint density at radius 1 is 1.00 bits per heavy atom. The van der Waals surface area contributed by atoms with Gasteiger partial charge in [-0.05, 0) is 37.1 Å². The van der Waals surface area contributed by atoms with Gasteiger partial charge in [0.25, 0.3) is 5.91 Å². The molecule has 0 saturated heterocycles. The van der Waals surface area contributed by atoms with E-state index in [1.807, 2.05) is 18.3 Å². The summed E-state index contributed by atoms with van der Waals surface area (Å²) in [6.07, 6.45) is 5.79. The number of hydrogen-bond donors (Lipinski definition) is 3. The van der Waals surface area contributed by atoms with Gasteiger partial charge in [-0.15, -0.1) is 0 Å². The molecule has 7 heteroatoms. The number of H-pyrrole nitrogens is 1. The van der Waals surface area contributed by atoms with E-state index in [2.05, 4.69) is 37.7 Å². The lowest BCUT2D eigenvalue weighted by molar-refractivity contribution is 0.101. The first kappa shape index (κ1) is 19.3. The lowest BCUT2D eigenvalue weighted by Gasteiger charge is -2.07. The van der Waals surface area contributed by atoms with Crippen LogP contribution in [0.1, 0.15) is 33.2 Å². The van der Waals surface area contributed by atoms with Gasteiger partial charge in [0.2, 0.25) is 5.95 Å². The van der Waals surface area contributed by atoms with E-state index in [4.69, 9.17) is 0 Å². The van der Waals surface area contributed by atoms with Gasteiger partial charge in [0, 0.05) is 47.3 Å².